The Morgan fingerprint density at radius 2 is 1.79 bits per heavy atom. The van der Waals surface area contributed by atoms with Crippen molar-refractivity contribution < 1.29 is 14.3 Å². The molecule has 1 N–H and O–H groups in total. The minimum atomic E-state index is -0.538. The van der Waals surface area contributed by atoms with Crippen molar-refractivity contribution in [2.24, 2.45) is 5.92 Å². The van der Waals surface area contributed by atoms with Crippen LogP contribution in [0.15, 0.2) is 24.3 Å². The lowest BCUT2D eigenvalue weighted by Gasteiger charge is -2.17. The molecular formula is C14H18ClNO3. The van der Waals surface area contributed by atoms with Crippen LogP contribution in [-0.4, -0.2) is 24.5 Å². The second-order valence-corrected chi connectivity index (χ2v) is 5.12. The highest BCUT2D eigenvalue weighted by atomic mass is 35.5. The molecule has 1 amide bonds. The van der Waals surface area contributed by atoms with Gasteiger partial charge in [0.2, 0.25) is 0 Å². The molecule has 0 fully saturated rings. The first-order valence-corrected chi connectivity index (χ1v) is 6.50. The van der Waals surface area contributed by atoms with E-state index in [0.29, 0.717) is 16.5 Å². The van der Waals surface area contributed by atoms with E-state index in [1.807, 2.05) is 20.8 Å². The highest BCUT2D eigenvalue weighted by Gasteiger charge is 2.13. The molecule has 1 aromatic carbocycles. The minimum Gasteiger partial charge on any atom is -0.452 e. The van der Waals surface area contributed by atoms with Crippen molar-refractivity contribution in [3.05, 3.63) is 34.9 Å². The van der Waals surface area contributed by atoms with E-state index >= 15 is 0 Å². The van der Waals surface area contributed by atoms with Gasteiger partial charge in [-0.2, -0.15) is 0 Å². The Morgan fingerprint density at radius 3 is 2.32 bits per heavy atom. The average molecular weight is 284 g/mol. The molecule has 4 nitrogen and oxygen atoms in total. The van der Waals surface area contributed by atoms with E-state index in [0.717, 1.165) is 0 Å². The second-order valence-electron chi connectivity index (χ2n) is 4.68. The summed E-state index contributed by atoms with van der Waals surface area (Å²) in [5, 5.41) is 3.30. The molecule has 0 heterocycles. The fourth-order valence-electron chi connectivity index (χ4n) is 1.26. The zero-order valence-corrected chi connectivity index (χ0v) is 12.0. The third kappa shape index (κ3) is 5.30. The summed E-state index contributed by atoms with van der Waals surface area (Å²) in [4.78, 5) is 23.2. The van der Waals surface area contributed by atoms with E-state index in [1.165, 1.54) is 0 Å². The standard InChI is InChI=1S/C14H18ClNO3/c1-9(2)10(3)16-13(17)8-19-14(18)11-4-6-12(15)7-5-11/h4-7,9-10H,8H2,1-3H3,(H,16,17)/t10-/m1/s1. The molecule has 0 aliphatic rings. The molecule has 0 aliphatic carbocycles. The number of carbonyl (C=O) groups is 2. The van der Waals surface area contributed by atoms with Crippen LogP contribution in [-0.2, 0) is 9.53 Å². The molecule has 0 aromatic heterocycles. The molecule has 5 heteroatoms. The number of nitrogens with one attached hydrogen (secondary N) is 1. The van der Waals surface area contributed by atoms with E-state index in [4.69, 9.17) is 16.3 Å². The van der Waals surface area contributed by atoms with Crippen LogP contribution in [0.1, 0.15) is 31.1 Å². The second kappa shape index (κ2) is 7.14. The first-order valence-electron chi connectivity index (χ1n) is 6.12. The lowest BCUT2D eigenvalue weighted by Crippen LogP contribution is -2.38. The van der Waals surface area contributed by atoms with Crippen molar-refractivity contribution in [1.82, 2.24) is 5.32 Å². The van der Waals surface area contributed by atoms with Crippen LogP contribution in [0.2, 0.25) is 5.02 Å². The Hall–Kier alpha value is -1.55. The van der Waals surface area contributed by atoms with Gasteiger partial charge in [0.15, 0.2) is 6.61 Å². The molecule has 0 bridgehead atoms. The monoisotopic (exact) mass is 283 g/mol. The van der Waals surface area contributed by atoms with Gasteiger partial charge in [-0.15, -0.1) is 0 Å². The third-order valence-electron chi connectivity index (χ3n) is 2.80. The van der Waals surface area contributed by atoms with Gasteiger partial charge in [-0.05, 0) is 37.1 Å². The number of rotatable bonds is 5. The molecule has 0 spiro atoms. The number of amides is 1. The van der Waals surface area contributed by atoms with Crippen molar-refractivity contribution in [3.8, 4) is 0 Å². The summed E-state index contributed by atoms with van der Waals surface area (Å²) in [5.41, 5.74) is 0.370. The lowest BCUT2D eigenvalue weighted by atomic mass is 10.1. The van der Waals surface area contributed by atoms with Crippen molar-refractivity contribution >= 4 is 23.5 Å². The number of esters is 1. The van der Waals surface area contributed by atoms with Gasteiger partial charge >= 0.3 is 5.97 Å². The van der Waals surface area contributed by atoms with E-state index in [9.17, 15) is 9.59 Å². The number of hydrogen-bond acceptors (Lipinski definition) is 3. The fourth-order valence-corrected chi connectivity index (χ4v) is 1.39. The van der Waals surface area contributed by atoms with E-state index < -0.39 is 5.97 Å². The highest BCUT2D eigenvalue weighted by Crippen LogP contribution is 2.10. The van der Waals surface area contributed by atoms with Gasteiger partial charge in [-0.3, -0.25) is 4.79 Å². The maximum absolute atomic E-state index is 11.6. The summed E-state index contributed by atoms with van der Waals surface area (Å²) >= 11 is 5.71. The molecule has 104 valence electrons. The SMILES string of the molecule is CC(C)[C@@H](C)NC(=O)COC(=O)c1ccc(Cl)cc1. The fraction of sp³-hybridized carbons (Fsp3) is 0.429. The molecular weight excluding hydrogens is 266 g/mol. The van der Waals surface area contributed by atoms with Crippen LogP contribution >= 0.6 is 11.6 Å². The molecule has 1 atom stereocenters. The molecule has 19 heavy (non-hydrogen) atoms. The number of hydrogen-bond donors (Lipinski definition) is 1. The maximum atomic E-state index is 11.6. The first-order chi connectivity index (χ1) is 8.90. The van der Waals surface area contributed by atoms with Gasteiger partial charge in [-0.25, -0.2) is 4.79 Å². The normalized spacial score (nSPS) is 12.1. The van der Waals surface area contributed by atoms with Gasteiger partial charge in [0.1, 0.15) is 0 Å². The Balaban J connectivity index is 2.42. The molecule has 1 rings (SSSR count). The van der Waals surface area contributed by atoms with Gasteiger partial charge in [0.25, 0.3) is 5.91 Å². The van der Waals surface area contributed by atoms with Crippen molar-refractivity contribution in [2.75, 3.05) is 6.61 Å². The van der Waals surface area contributed by atoms with Crippen LogP contribution in [0, 0.1) is 5.92 Å². The zero-order chi connectivity index (χ0) is 14.4. The van der Waals surface area contributed by atoms with Crippen molar-refractivity contribution in [1.29, 1.82) is 0 Å². The van der Waals surface area contributed by atoms with E-state index in [2.05, 4.69) is 5.32 Å². The number of carbonyl (C=O) groups excluding carboxylic acids is 2. The summed E-state index contributed by atoms with van der Waals surface area (Å²) < 4.78 is 4.92. The lowest BCUT2D eigenvalue weighted by molar-refractivity contribution is -0.125. The van der Waals surface area contributed by atoms with Crippen LogP contribution < -0.4 is 5.32 Å². The van der Waals surface area contributed by atoms with E-state index in [1.54, 1.807) is 24.3 Å². The largest absolute Gasteiger partial charge is 0.452 e. The summed E-state index contributed by atoms with van der Waals surface area (Å²) in [6.45, 7) is 5.64. The highest BCUT2D eigenvalue weighted by molar-refractivity contribution is 6.30. The number of benzene rings is 1. The van der Waals surface area contributed by atoms with E-state index in [-0.39, 0.29) is 18.6 Å². The average Bonchev–Trinajstić information content (AvgIpc) is 2.36. The number of ether oxygens (including phenoxy) is 1. The van der Waals surface area contributed by atoms with Gasteiger partial charge in [-0.1, -0.05) is 25.4 Å². The molecule has 0 saturated heterocycles. The summed E-state index contributed by atoms with van der Waals surface area (Å²) in [7, 11) is 0. The Kier molecular flexibility index (Phi) is 5.83. The van der Waals surface area contributed by atoms with Gasteiger partial charge < -0.3 is 10.1 Å². The summed E-state index contributed by atoms with van der Waals surface area (Å²) in [6.07, 6.45) is 0. The molecule has 0 unspecified atom stereocenters. The number of halogens is 1. The zero-order valence-electron chi connectivity index (χ0n) is 11.3. The van der Waals surface area contributed by atoms with Crippen LogP contribution in [0.25, 0.3) is 0 Å². The molecule has 0 aliphatic heterocycles. The third-order valence-corrected chi connectivity index (χ3v) is 3.05. The van der Waals surface area contributed by atoms with Crippen LogP contribution in [0.3, 0.4) is 0 Å². The summed E-state index contributed by atoms with van der Waals surface area (Å²) in [6, 6.07) is 6.35. The Bertz CT molecular complexity index is 443. The smallest absolute Gasteiger partial charge is 0.338 e. The van der Waals surface area contributed by atoms with Crippen LogP contribution in [0.4, 0.5) is 0 Å². The Morgan fingerprint density at radius 1 is 1.21 bits per heavy atom. The molecule has 1 aromatic rings. The summed E-state index contributed by atoms with van der Waals surface area (Å²) in [5.74, 6) is -0.511. The van der Waals surface area contributed by atoms with Crippen LogP contribution in [0.5, 0.6) is 0 Å². The van der Waals surface area contributed by atoms with Crippen molar-refractivity contribution in [2.45, 2.75) is 26.8 Å². The predicted octanol–water partition coefficient (Wildman–Crippen LogP) is 2.66. The minimum absolute atomic E-state index is 0.0433. The quantitative estimate of drug-likeness (QED) is 0.845. The molecule has 0 radical (unpaired) electrons. The predicted molar refractivity (Wildman–Crippen MR) is 74.2 cm³/mol. The topological polar surface area (TPSA) is 55.4 Å². The van der Waals surface area contributed by atoms with Crippen molar-refractivity contribution in [3.63, 3.8) is 0 Å². The van der Waals surface area contributed by atoms with Gasteiger partial charge in [0, 0.05) is 11.1 Å². The maximum Gasteiger partial charge on any atom is 0.338 e. The Labute approximate surface area is 118 Å². The molecule has 0 saturated carbocycles. The van der Waals surface area contributed by atoms with Gasteiger partial charge in [0.05, 0.1) is 5.56 Å². The first kappa shape index (κ1) is 15.5.